The summed E-state index contributed by atoms with van der Waals surface area (Å²) < 4.78 is 5.50. The molecule has 0 heterocycles. The van der Waals surface area contributed by atoms with Crippen molar-refractivity contribution in [3.63, 3.8) is 0 Å². The van der Waals surface area contributed by atoms with Crippen LogP contribution in [0.3, 0.4) is 0 Å². The highest BCUT2D eigenvalue weighted by Crippen LogP contribution is 2.18. The van der Waals surface area contributed by atoms with E-state index in [1.54, 1.807) is 0 Å². The van der Waals surface area contributed by atoms with Gasteiger partial charge in [-0.05, 0) is 12.8 Å². The normalized spacial score (nSPS) is 11.5. The summed E-state index contributed by atoms with van der Waals surface area (Å²) in [6.45, 7) is 5.24. The van der Waals surface area contributed by atoms with Crippen LogP contribution in [0.5, 0.6) is 0 Å². The van der Waals surface area contributed by atoms with E-state index in [0.717, 1.165) is 12.8 Å². The van der Waals surface area contributed by atoms with Crippen LogP contribution in [0.15, 0.2) is 0 Å². The Morgan fingerprint density at radius 2 is 0.393 bits per heavy atom. The number of carbonyl (C=O) groups excluding carboxylic acids is 1. The minimum absolute atomic E-state index is 0.0340. The van der Waals surface area contributed by atoms with Crippen LogP contribution in [0.2, 0.25) is 0 Å². The van der Waals surface area contributed by atoms with Crippen molar-refractivity contribution in [3.05, 3.63) is 0 Å². The maximum Gasteiger partial charge on any atom is 0.305 e. The van der Waals surface area contributed by atoms with E-state index in [4.69, 9.17) is 4.74 Å². The largest absolute Gasteiger partial charge is 0.466 e. The molecular weight excluding hydrogens is 681 g/mol. The minimum Gasteiger partial charge on any atom is -0.466 e. The van der Waals surface area contributed by atoms with E-state index < -0.39 is 0 Å². The molecule has 0 fully saturated rings. The highest BCUT2D eigenvalue weighted by atomic mass is 16.5. The molecule has 336 valence electrons. The Hall–Kier alpha value is -0.530. The Kier molecular flexibility index (Phi) is 52.0. The molecule has 0 bridgehead atoms. The molecule has 0 aromatic carbocycles. The Morgan fingerprint density at radius 3 is 0.589 bits per heavy atom. The van der Waals surface area contributed by atoms with E-state index in [1.165, 1.54) is 302 Å². The highest BCUT2D eigenvalue weighted by molar-refractivity contribution is 5.69. The topological polar surface area (TPSA) is 26.3 Å². The maximum atomic E-state index is 12.1. The second kappa shape index (κ2) is 52.5. The fraction of sp³-hybridized carbons (Fsp3) is 0.981. The van der Waals surface area contributed by atoms with Crippen LogP contribution in [0.4, 0.5) is 0 Å². The first-order valence-electron chi connectivity index (χ1n) is 27.0. The van der Waals surface area contributed by atoms with Crippen LogP contribution in [-0.2, 0) is 9.53 Å². The van der Waals surface area contributed by atoms with Crippen molar-refractivity contribution >= 4 is 5.97 Å². The highest BCUT2D eigenvalue weighted by Gasteiger charge is 2.03. The number of unbranched alkanes of at least 4 members (excludes halogenated alkanes) is 47. The molecular formula is C54H108O2. The second-order valence-electron chi connectivity index (χ2n) is 18.6. The summed E-state index contributed by atoms with van der Waals surface area (Å²) in [6.07, 6.45) is 69.8. The fourth-order valence-electron chi connectivity index (χ4n) is 8.73. The van der Waals surface area contributed by atoms with Gasteiger partial charge in [0.25, 0.3) is 0 Å². The number of hydrogen-bond acceptors (Lipinski definition) is 2. The standard InChI is InChI=1S/C54H108O2/c1-3-5-7-9-11-13-15-17-19-21-22-23-24-25-26-27-28-29-30-31-32-33-34-35-37-39-41-43-45-47-49-51-53-56-54(55)52-50-48-46-44-42-40-38-36-20-18-16-14-12-10-8-6-4-2/h3-53H2,1-2H3. The van der Waals surface area contributed by atoms with Gasteiger partial charge in [0.1, 0.15) is 0 Å². The number of rotatable bonds is 51. The summed E-state index contributed by atoms with van der Waals surface area (Å²) in [5.74, 6) is 0.0340. The van der Waals surface area contributed by atoms with Gasteiger partial charge >= 0.3 is 5.97 Å². The van der Waals surface area contributed by atoms with Gasteiger partial charge in [0.15, 0.2) is 0 Å². The summed E-state index contributed by atoms with van der Waals surface area (Å²) in [7, 11) is 0. The molecule has 0 unspecified atom stereocenters. The SMILES string of the molecule is CCCCCCCCCCCCCCCCCCCCCCCCCCCCCCCCCCOC(=O)CCCCCCCCCCCCCCCCCCC. The van der Waals surface area contributed by atoms with Crippen LogP contribution in [-0.4, -0.2) is 12.6 Å². The average Bonchev–Trinajstić information content (AvgIpc) is 3.20. The molecule has 0 N–H and O–H groups in total. The van der Waals surface area contributed by atoms with E-state index in [0.29, 0.717) is 13.0 Å². The van der Waals surface area contributed by atoms with Crippen LogP contribution in [0, 0.1) is 0 Å². The molecule has 0 rings (SSSR count). The zero-order valence-corrected chi connectivity index (χ0v) is 39.4. The summed E-state index contributed by atoms with van der Waals surface area (Å²) in [5.41, 5.74) is 0. The Bertz CT molecular complexity index is 688. The zero-order valence-electron chi connectivity index (χ0n) is 39.4. The molecule has 0 amide bonds. The van der Waals surface area contributed by atoms with E-state index in [9.17, 15) is 4.79 Å². The smallest absolute Gasteiger partial charge is 0.305 e. The number of esters is 1. The molecule has 0 atom stereocenters. The lowest BCUT2D eigenvalue weighted by Gasteiger charge is -2.06. The van der Waals surface area contributed by atoms with Crippen molar-refractivity contribution in [2.24, 2.45) is 0 Å². The lowest BCUT2D eigenvalue weighted by Crippen LogP contribution is -2.05. The van der Waals surface area contributed by atoms with E-state index in [1.807, 2.05) is 0 Å². The molecule has 0 aliphatic rings. The predicted molar refractivity (Wildman–Crippen MR) is 253 cm³/mol. The third-order valence-electron chi connectivity index (χ3n) is 12.7. The molecule has 0 saturated heterocycles. The van der Waals surface area contributed by atoms with Crippen molar-refractivity contribution in [2.45, 2.75) is 335 Å². The van der Waals surface area contributed by atoms with E-state index in [2.05, 4.69) is 13.8 Å². The Balaban J connectivity index is 3.13. The van der Waals surface area contributed by atoms with Gasteiger partial charge in [0, 0.05) is 6.42 Å². The van der Waals surface area contributed by atoms with Gasteiger partial charge in [0.2, 0.25) is 0 Å². The lowest BCUT2D eigenvalue weighted by atomic mass is 10.0. The number of carbonyl (C=O) groups is 1. The molecule has 0 aliphatic heterocycles. The van der Waals surface area contributed by atoms with Gasteiger partial charge in [-0.15, -0.1) is 0 Å². The lowest BCUT2D eigenvalue weighted by molar-refractivity contribution is -0.143. The van der Waals surface area contributed by atoms with E-state index in [-0.39, 0.29) is 5.97 Å². The maximum absolute atomic E-state index is 12.1. The number of hydrogen-bond donors (Lipinski definition) is 0. The first kappa shape index (κ1) is 55.5. The summed E-state index contributed by atoms with van der Waals surface area (Å²) in [4.78, 5) is 12.1. The van der Waals surface area contributed by atoms with Gasteiger partial charge < -0.3 is 4.74 Å². The van der Waals surface area contributed by atoms with Gasteiger partial charge in [-0.3, -0.25) is 4.79 Å². The third-order valence-corrected chi connectivity index (χ3v) is 12.7. The first-order valence-corrected chi connectivity index (χ1v) is 27.0. The van der Waals surface area contributed by atoms with Gasteiger partial charge in [-0.1, -0.05) is 316 Å². The minimum atomic E-state index is 0.0340. The quantitative estimate of drug-likeness (QED) is 0.0453. The Labute approximate surface area is 355 Å². The Morgan fingerprint density at radius 1 is 0.232 bits per heavy atom. The van der Waals surface area contributed by atoms with Crippen molar-refractivity contribution in [3.8, 4) is 0 Å². The van der Waals surface area contributed by atoms with Crippen molar-refractivity contribution in [1.82, 2.24) is 0 Å². The third kappa shape index (κ3) is 51.5. The molecule has 0 radical (unpaired) electrons. The fourth-order valence-corrected chi connectivity index (χ4v) is 8.73. The van der Waals surface area contributed by atoms with Gasteiger partial charge in [0.05, 0.1) is 6.61 Å². The molecule has 0 aliphatic carbocycles. The summed E-state index contributed by atoms with van der Waals surface area (Å²) >= 11 is 0. The van der Waals surface area contributed by atoms with Crippen molar-refractivity contribution in [1.29, 1.82) is 0 Å². The molecule has 0 aromatic rings. The predicted octanol–water partition coefficient (Wildman–Crippen LogP) is 20.1. The monoisotopic (exact) mass is 789 g/mol. The van der Waals surface area contributed by atoms with Crippen LogP contribution in [0.1, 0.15) is 335 Å². The summed E-state index contributed by atoms with van der Waals surface area (Å²) in [5, 5.41) is 0. The molecule has 0 saturated carbocycles. The zero-order chi connectivity index (χ0) is 40.3. The second-order valence-corrected chi connectivity index (χ2v) is 18.6. The molecule has 2 nitrogen and oxygen atoms in total. The van der Waals surface area contributed by atoms with Crippen LogP contribution >= 0.6 is 0 Å². The van der Waals surface area contributed by atoms with E-state index >= 15 is 0 Å². The van der Waals surface area contributed by atoms with Gasteiger partial charge in [-0.2, -0.15) is 0 Å². The average molecular weight is 789 g/mol. The van der Waals surface area contributed by atoms with Crippen molar-refractivity contribution < 1.29 is 9.53 Å². The van der Waals surface area contributed by atoms with Crippen LogP contribution in [0.25, 0.3) is 0 Å². The van der Waals surface area contributed by atoms with Crippen LogP contribution < -0.4 is 0 Å². The number of ether oxygens (including phenoxy) is 1. The molecule has 0 spiro atoms. The summed E-state index contributed by atoms with van der Waals surface area (Å²) in [6, 6.07) is 0. The van der Waals surface area contributed by atoms with Crippen molar-refractivity contribution in [2.75, 3.05) is 6.61 Å². The van der Waals surface area contributed by atoms with Gasteiger partial charge in [-0.25, -0.2) is 0 Å². The molecule has 2 heteroatoms. The first-order chi connectivity index (χ1) is 27.8. The molecule has 0 aromatic heterocycles. The molecule has 56 heavy (non-hydrogen) atoms.